The second kappa shape index (κ2) is 6.85. The number of hydrogen-bond acceptors (Lipinski definition) is 3. The van der Waals surface area contributed by atoms with Crippen LogP contribution in [0.4, 0.5) is 0 Å². The summed E-state index contributed by atoms with van der Waals surface area (Å²) < 4.78 is 0. The van der Waals surface area contributed by atoms with E-state index in [1.807, 2.05) is 12.3 Å². The smallest absolute Gasteiger partial charge is 0.0685 e. The van der Waals surface area contributed by atoms with Crippen molar-refractivity contribution in [1.29, 1.82) is 0 Å². The second-order valence-electron chi connectivity index (χ2n) is 3.53. The van der Waals surface area contributed by atoms with Gasteiger partial charge in [-0.05, 0) is 23.8 Å². The van der Waals surface area contributed by atoms with Crippen LogP contribution in [-0.4, -0.2) is 27.7 Å². The number of rotatable bonds is 6. The van der Waals surface area contributed by atoms with Crippen molar-refractivity contribution >= 4 is 11.8 Å². The summed E-state index contributed by atoms with van der Waals surface area (Å²) >= 11 is 1.77. The molecule has 0 bridgehead atoms. The van der Waals surface area contributed by atoms with Crippen molar-refractivity contribution in [3.05, 3.63) is 29.6 Å². The van der Waals surface area contributed by atoms with E-state index in [0.29, 0.717) is 6.42 Å². The average Bonchev–Trinajstić information content (AvgIpc) is 2.27. The Balaban J connectivity index is 2.42. The molecule has 1 atom stereocenters. The highest BCUT2D eigenvalue weighted by atomic mass is 32.2. The number of pyridine rings is 1. The van der Waals surface area contributed by atoms with Crippen molar-refractivity contribution in [3.63, 3.8) is 0 Å². The minimum atomic E-state index is -0.269. The van der Waals surface area contributed by atoms with E-state index in [2.05, 4.69) is 24.9 Å². The molecule has 0 aromatic carbocycles. The summed E-state index contributed by atoms with van der Waals surface area (Å²) in [5.74, 6) is 1.85. The number of aliphatic hydroxyl groups is 1. The third-order valence-electron chi connectivity index (χ3n) is 2.25. The van der Waals surface area contributed by atoms with Crippen LogP contribution >= 0.6 is 11.8 Å². The van der Waals surface area contributed by atoms with Gasteiger partial charge in [0.1, 0.15) is 0 Å². The predicted octanol–water partition coefficient (Wildman–Crippen LogP) is 2.30. The molecule has 3 heteroatoms. The number of hydrogen-bond donors (Lipinski definition) is 1. The van der Waals surface area contributed by atoms with Crippen molar-refractivity contribution in [2.75, 3.05) is 11.5 Å². The van der Waals surface area contributed by atoms with Crippen LogP contribution in [0.15, 0.2) is 18.3 Å². The lowest BCUT2D eigenvalue weighted by molar-refractivity contribution is 0.199. The van der Waals surface area contributed by atoms with E-state index in [4.69, 9.17) is 0 Å². The zero-order valence-electron chi connectivity index (χ0n) is 9.44. The molecule has 1 N–H and O–H groups in total. The normalized spacial score (nSPS) is 12.7. The number of aryl methyl sites for hydroxylation is 1. The van der Waals surface area contributed by atoms with Crippen LogP contribution in [0.25, 0.3) is 0 Å². The zero-order chi connectivity index (χ0) is 11.1. The summed E-state index contributed by atoms with van der Waals surface area (Å²) in [6, 6.07) is 4.10. The van der Waals surface area contributed by atoms with Gasteiger partial charge in [0, 0.05) is 24.1 Å². The Kier molecular flexibility index (Phi) is 5.73. The van der Waals surface area contributed by atoms with Crippen LogP contribution in [-0.2, 0) is 12.8 Å². The first-order valence-electron chi connectivity index (χ1n) is 5.45. The largest absolute Gasteiger partial charge is 0.392 e. The van der Waals surface area contributed by atoms with Gasteiger partial charge >= 0.3 is 0 Å². The predicted molar refractivity (Wildman–Crippen MR) is 66.3 cm³/mol. The molecule has 0 aliphatic carbocycles. The van der Waals surface area contributed by atoms with Crippen molar-refractivity contribution in [2.45, 2.75) is 32.8 Å². The zero-order valence-corrected chi connectivity index (χ0v) is 10.3. The molecule has 0 aliphatic rings. The molecular weight excluding hydrogens is 206 g/mol. The highest BCUT2D eigenvalue weighted by Crippen LogP contribution is 2.08. The number of thioether (sulfide) groups is 1. The molecule has 1 aromatic heterocycles. The molecule has 1 unspecified atom stereocenters. The van der Waals surface area contributed by atoms with Gasteiger partial charge in [-0.3, -0.25) is 4.98 Å². The lowest BCUT2D eigenvalue weighted by Gasteiger charge is -2.09. The third kappa shape index (κ3) is 4.67. The molecule has 0 spiro atoms. The van der Waals surface area contributed by atoms with Crippen LogP contribution in [0.2, 0.25) is 0 Å². The molecule has 1 rings (SSSR count). The summed E-state index contributed by atoms with van der Waals surface area (Å²) in [4.78, 5) is 4.33. The standard InChI is InChI=1S/C12H19NOS/c1-3-10-5-6-11(13-8-10)7-12(14)9-15-4-2/h5-6,8,12,14H,3-4,7,9H2,1-2H3. The van der Waals surface area contributed by atoms with Crippen molar-refractivity contribution in [1.82, 2.24) is 4.98 Å². The van der Waals surface area contributed by atoms with Crippen LogP contribution in [0, 0.1) is 0 Å². The molecule has 84 valence electrons. The van der Waals surface area contributed by atoms with Gasteiger partial charge in [0.2, 0.25) is 0 Å². The summed E-state index contributed by atoms with van der Waals surface area (Å²) in [5.41, 5.74) is 2.23. The number of aliphatic hydroxyl groups excluding tert-OH is 1. The molecule has 1 heterocycles. The van der Waals surface area contributed by atoms with Gasteiger partial charge in [0.25, 0.3) is 0 Å². The van der Waals surface area contributed by atoms with Crippen LogP contribution in [0.1, 0.15) is 25.1 Å². The fraction of sp³-hybridized carbons (Fsp3) is 0.583. The third-order valence-corrected chi connectivity index (χ3v) is 3.28. The first-order chi connectivity index (χ1) is 7.26. The molecule has 15 heavy (non-hydrogen) atoms. The quantitative estimate of drug-likeness (QED) is 0.806. The first-order valence-corrected chi connectivity index (χ1v) is 6.61. The highest BCUT2D eigenvalue weighted by Gasteiger charge is 2.05. The van der Waals surface area contributed by atoms with Crippen LogP contribution in [0.5, 0.6) is 0 Å². The Morgan fingerprint density at radius 3 is 2.73 bits per heavy atom. The van der Waals surface area contributed by atoms with Crippen molar-refractivity contribution < 1.29 is 5.11 Å². The Labute approximate surface area is 96.1 Å². The molecule has 0 saturated heterocycles. The maximum atomic E-state index is 9.70. The SMILES string of the molecule is CCSCC(O)Cc1ccc(CC)cn1. The van der Waals surface area contributed by atoms with Gasteiger partial charge in [-0.2, -0.15) is 11.8 Å². The van der Waals surface area contributed by atoms with Crippen LogP contribution in [0.3, 0.4) is 0 Å². The van der Waals surface area contributed by atoms with Crippen molar-refractivity contribution in [3.8, 4) is 0 Å². The lowest BCUT2D eigenvalue weighted by Crippen LogP contribution is -2.14. The minimum Gasteiger partial charge on any atom is -0.392 e. The highest BCUT2D eigenvalue weighted by molar-refractivity contribution is 7.99. The molecule has 0 saturated carbocycles. The van der Waals surface area contributed by atoms with Crippen LogP contribution < -0.4 is 0 Å². The van der Waals surface area contributed by atoms with E-state index in [1.54, 1.807) is 11.8 Å². The second-order valence-corrected chi connectivity index (χ2v) is 4.85. The van der Waals surface area contributed by atoms with Gasteiger partial charge < -0.3 is 5.11 Å². The van der Waals surface area contributed by atoms with E-state index in [9.17, 15) is 5.11 Å². The van der Waals surface area contributed by atoms with E-state index in [1.165, 1.54) is 5.56 Å². The summed E-state index contributed by atoms with van der Waals surface area (Å²) in [7, 11) is 0. The van der Waals surface area contributed by atoms with E-state index in [-0.39, 0.29) is 6.10 Å². The van der Waals surface area contributed by atoms with Crippen molar-refractivity contribution in [2.24, 2.45) is 0 Å². The van der Waals surface area contributed by atoms with E-state index >= 15 is 0 Å². The molecule has 0 amide bonds. The molecule has 0 aliphatic heterocycles. The molecular formula is C12H19NOS. The lowest BCUT2D eigenvalue weighted by atomic mass is 10.1. The van der Waals surface area contributed by atoms with Gasteiger partial charge in [0.15, 0.2) is 0 Å². The van der Waals surface area contributed by atoms with E-state index in [0.717, 1.165) is 23.6 Å². The average molecular weight is 225 g/mol. The van der Waals surface area contributed by atoms with Gasteiger partial charge in [-0.15, -0.1) is 0 Å². The summed E-state index contributed by atoms with van der Waals surface area (Å²) in [6.07, 6.45) is 3.31. The molecule has 0 radical (unpaired) electrons. The first kappa shape index (κ1) is 12.5. The Hall–Kier alpha value is -0.540. The maximum absolute atomic E-state index is 9.70. The Morgan fingerprint density at radius 1 is 1.40 bits per heavy atom. The molecule has 1 aromatic rings. The summed E-state index contributed by atoms with van der Waals surface area (Å²) in [6.45, 7) is 4.22. The fourth-order valence-electron chi connectivity index (χ4n) is 1.34. The maximum Gasteiger partial charge on any atom is 0.0685 e. The van der Waals surface area contributed by atoms with E-state index < -0.39 is 0 Å². The Bertz CT molecular complexity index is 273. The Morgan fingerprint density at radius 2 is 2.20 bits per heavy atom. The molecule has 2 nitrogen and oxygen atoms in total. The fourth-order valence-corrected chi connectivity index (χ4v) is 1.96. The number of nitrogens with zero attached hydrogens (tertiary/aromatic N) is 1. The monoisotopic (exact) mass is 225 g/mol. The topological polar surface area (TPSA) is 33.1 Å². The summed E-state index contributed by atoms with van der Waals surface area (Å²) in [5, 5.41) is 9.70. The van der Waals surface area contributed by atoms with Gasteiger partial charge in [-0.25, -0.2) is 0 Å². The van der Waals surface area contributed by atoms with Gasteiger partial charge in [-0.1, -0.05) is 19.9 Å². The number of aromatic nitrogens is 1. The minimum absolute atomic E-state index is 0.269. The van der Waals surface area contributed by atoms with Gasteiger partial charge in [0.05, 0.1) is 6.10 Å². The molecule has 0 fully saturated rings.